The first kappa shape index (κ1) is 16.0. The van der Waals surface area contributed by atoms with Gasteiger partial charge in [0.1, 0.15) is 0 Å². The molecule has 0 radical (unpaired) electrons. The normalized spacial score (nSPS) is 34.7. The van der Waals surface area contributed by atoms with Crippen molar-refractivity contribution >= 4 is 0 Å². The summed E-state index contributed by atoms with van der Waals surface area (Å²) >= 11 is 0. The molecule has 1 heterocycles. The second-order valence-electron chi connectivity index (χ2n) is 7.70. The Morgan fingerprint density at radius 1 is 1.09 bits per heavy atom. The first-order valence-electron chi connectivity index (χ1n) is 9.10. The van der Waals surface area contributed by atoms with Crippen LogP contribution in [0.2, 0.25) is 0 Å². The van der Waals surface area contributed by atoms with E-state index >= 15 is 0 Å². The van der Waals surface area contributed by atoms with Gasteiger partial charge in [-0.25, -0.2) is 0 Å². The van der Waals surface area contributed by atoms with Gasteiger partial charge in [-0.2, -0.15) is 0 Å². The molecule has 1 aliphatic heterocycles. The molecule has 22 heavy (non-hydrogen) atoms. The molecule has 1 saturated heterocycles. The number of likely N-dealkylation sites (tertiary alicyclic amines) is 1. The molecule has 0 amide bonds. The molecular weight excluding hydrogens is 270 g/mol. The smallest absolute Gasteiger partial charge is 0.0728 e. The van der Waals surface area contributed by atoms with Gasteiger partial charge in [-0.1, -0.05) is 56.5 Å². The largest absolute Gasteiger partial charge is 0.389 e. The summed E-state index contributed by atoms with van der Waals surface area (Å²) < 4.78 is 0. The fourth-order valence-corrected chi connectivity index (χ4v) is 4.70. The third-order valence-electron chi connectivity index (χ3n) is 6.15. The van der Waals surface area contributed by atoms with Crippen molar-refractivity contribution in [1.82, 2.24) is 4.90 Å². The van der Waals surface area contributed by atoms with Crippen molar-refractivity contribution in [3.63, 3.8) is 0 Å². The minimum absolute atomic E-state index is 0.371. The molecule has 2 aliphatic rings. The maximum Gasteiger partial charge on any atom is 0.0728 e. The Morgan fingerprint density at radius 3 is 2.45 bits per heavy atom. The molecule has 1 aliphatic carbocycles. The van der Waals surface area contributed by atoms with E-state index in [4.69, 9.17) is 0 Å². The molecule has 1 N–H and O–H groups in total. The van der Waals surface area contributed by atoms with Gasteiger partial charge in [0, 0.05) is 19.1 Å². The number of aliphatic hydroxyl groups is 1. The van der Waals surface area contributed by atoms with Crippen LogP contribution in [-0.2, 0) is 6.54 Å². The Balaban J connectivity index is 1.68. The van der Waals surface area contributed by atoms with Crippen LogP contribution >= 0.6 is 0 Å². The van der Waals surface area contributed by atoms with Crippen molar-refractivity contribution in [3.05, 3.63) is 35.9 Å². The zero-order valence-corrected chi connectivity index (χ0v) is 14.2. The molecular formula is C20H31NO. The summed E-state index contributed by atoms with van der Waals surface area (Å²) in [5, 5.41) is 11.4. The Hall–Kier alpha value is -0.860. The van der Waals surface area contributed by atoms with Crippen LogP contribution in [0.25, 0.3) is 0 Å². The zero-order chi connectivity index (χ0) is 15.6. The molecule has 0 bridgehead atoms. The molecule has 0 spiro atoms. The van der Waals surface area contributed by atoms with Gasteiger partial charge in [0.2, 0.25) is 0 Å². The first-order chi connectivity index (χ1) is 10.6. The van der Waals surface area contributed by atoms with Crippen LogP contribution < -0.4 is 0 Å². The molecule has 0 unspecified atom stereocenters. The third kappa shape index (κ3) is 3.23. The summed E-state index contributed by atoms with van der Waals surface area (Å²) in [7, 11) is 0. The number of benzene rings is 1. The minimum atomic E-state index is -0.437. The molecule has 122 valence electrons. The molecule has 2 fully saturated rings. The van der Waals surface area contributed by atoms with E-state index in [-0.39, 0.29) is 0 Å². The van der Waals surface area contributed by atoms with Crippen molar-refractivity contribution in [2.75, 3.05) is 6.54 Å². The summed E-state index contributed by atoms with van der Waals surface area (Å²) in [4.78, 5) is 2.55. The topological polar surface area (TPSA) is 23.5 Å². The summed E-state index contributed by atoms with van der Waals surface area (Å²) in [6, 6.07) is 11.2. The highest BCUT2D eigenvalue weighted by atomic mass is 16.3. The van der Waals surface area contributed by atoms with E-state index in [1.165, 1.54) is 37.7 Å². The van der Waals surface area contributed by atoms with Gasteiger partial charge in [0.05, 0.1) is 5.60 Å². The lowest BCUT2D eigenvalue weighted by Crippen LogP contribution is -2.58. The highest BCUT2D eigenvalue weighted by Gasteiger charge is 2.47. The van der Waals surface area contributed by atoms with E-state index in [2.05, 4.69) is 49.1 Å². The van der Waals surface area contributed by atoms with Crippen LogP contribution in [0.5, 0.6) is 0 Å². The highest BCUT2D eigenvalue weighted by molar-refractivity contribution is 5.15. The maximum absolute atomic E-state index is 11.4. The van der Waals surface area contributed by atoms with Crippen molar-refractivity contribution in [3.8, 4) is 0 Å². The molecule has 1 saturated carbocycles. The number of rotatable bonds is 3. The molecule has 3 rings (SSSR count). The van der Waals surface area contributed by atoms with E-state index < -0.39 is 5.60 Å². The van der Waals surface area contributed by atoms with E-state index in [0.29, 0.717) is 17.9 Å². The Labute approximate surface area is 135 Å². The SMILES string of the molecule is C[C@@H]1CN(Cc2ccccc2)[C@@H](C)C[C@@]1(O)C1CCCCC1. The lowest BCUT2D eigenvalue weighted by Gasteiger charge is -2.51. The van der Waals surface area contributed by atoms with Crippen molar-refractivity contribution in [2.45, 2.75) is 70.6 Å². The van der Waals surface area contributed by atoms with Crippen molar-refractivity contribution < 1.29 is 5.11 Å². The molecule has 1 aromatic carbocycles. The van der Waals surface area contributed by atoms with Crippen LogP contribution in [0.3, 0.4) is 0 Å². The standard InChI is InChI=1S/C20H31NO/c1-16-14-21(15-18-9-5-3-6-10-18)17(2)13-20(16,22)19-11-7-4-8-12-19/h3,5-6,9-10,16-17,19,22H,4,7-8,11-15H2,1-2H3/t16-,17+,20+/m1/s1. The van der Waals surface area contributed by atoms with Gasteiger partial charge >= 0.3 is 0 Å². The van der Waals surface area contributed by atoms with Gasteiger partial charge in [0.25, 0.3) is 0 Å². The van der Waals surface area contributed by atoms with Crippen LogP contribution in [0.15, 0.2) is 30.3 Å². The Kier molecular flexibility index (Phi) is 4.89. The van der Waals surface area contributed by atoms with Crippen LogP contribution in [0.1, 0.15) is 57.9 Å². The summed E-state index contributed by atoms with van der Waals surface area (Å²) in [6.45, 7) is 6.58. The van der Waals surface area contributed by atoms with E-state index in [0.717, 1.165) is 19.5 Å². The fraction of sp³-hybridized carbons (Fsp3) is 0.700. The quantitative estimate of drug-likeness (QED) is 0.903. The highest BCUT2D eigenvalue weighted by Crippen LogP contribution is 2.43. The van der Waals surface area contributed by atoms with Crippen molar-refractivity contribution in [1.29, 1.82) is 0 Å². The second kappa shape index (κ2) is 6.72. The van der Waals surface area contributed by atoms with Gasteiger partial charge in [-0.05, 0) is 43.6 Å². The van der Waals surface area contributed by atoms with E-state index in [1.54, 1.807) is 0 Å². The van der Waals surface area contributed by atoms with E-state index in [1.807, 2.05) is 0 Å². The van der Waals surface area contributed by atoms with Gasteiger partial charge in [-0.15, -0.1) is 0 Å². The van der Waals surface area contributed by atoms with Crippen LogP contribution in [-0.4, -0.2) is 28.2 Å². The first-order valence-corrected chi connectivity index (χ1v) is 9.10. The van der Waals surface area contributed by atoms with Gasteiger partial charge in [0.15, 0.2) is 0 Å². The predicted molar refractivity (Wildman–Crippen MR) is 91.6 cm³/mol. The molecule has 3 atom stereocenters. The number of hydrogen-bond donors (Lipinski definition) is 1. The fourth-order valence-electron chi connectivity index (χ4n) is 4.70. The van der Waals surface area contributed by atoms with Crippen molar-refractivity contribution in [2.24, 2.45) is 11.8 Å². The van der Waals surface area contributed by atoms with Crippen LogP contribution in [0, 0.1) is 11.8 Å². The number of piperidine rings is 1. The zero-order valence-electron chi connectivity index (χ0n) is 14.2. The monoisotopic (exact) mass is 301 g/mol. The average molecular weight is 301 g/mol. The van der Waals surface area contributed by atoms with Crippen LogP contribution in [0.4, 0.5) is 0 Å². The average Bonchev–Trinajstić information content (AvgIpc) is 2.54. The third-order valence-corrected chi connectivity index (χ3v) is 6.15. The summed E-state index contributed by atoms with van der Waals surface area (Å²) in [5.74, 6) is 0.896. The lowest BCUT2D eigenvalue weighted by molar-refractivity contribution is -0.131. The Morgan fingerprint density at radius 2 is 1.77 bits per heavy atom. The molecule has 1 aromatic rings. The maximum atomic E-state index is 11.4. The number of nitrogens with zero attached hydrogens (tertiary/aromatic N) is 1. The second-order valence-corrected chi connectivity index (χ2v) is 7.70. The van der Waals surface area contributed by atoms with Gasteiger partial charge in [-0.3, -0.25) is 4.90 Å². The minimum Gasteiger partial charge on any atom is -0.389 e. The molecule has 2 heteroatoms. The van der Waals surface area contributed by atoms with Gasteiger partial charge < -0.3 is 5.11 Å². The Bertz CT molecular complexity index is 468. The predicted octanol–water partition coefficient (Wildman–Crippen LogP) is 4.23. The summed E-state index contributed by atoms with van der Waals surface area (Å²) in [5.41, 5.74) is 0.942. The molecule has 0 aromatic heterocycles. The molecule has 2 nitrogen and oxygen atoms in total. The van der Waals surface area contributed by atoms with E-state index in [9.17, 15) is 5.11 Å². The number of hydrogen-bond acceptors (Lipinski definition) is 2. The lowest BCUT2D eigenvalue weighted by atomic mass is 9.66. The summed E-state index contributed by atoms with van der Waals surface area (Å²) in [6.07, 6.45) is 7.37.